The van der Waals surface area contributed by atoms with E-state index in [0.29, 0.717) is 24.4 Å². The number of rotatable bonds is 5. The Morgan fingerprint density at radius 3 is 2.96 bits per heavy atom. The number of amides is 1. The molecule has 0 radical (unpaired) electrons. The summed E-state index contributed by atoms with van der Waals surface area (Å²) in [4.78, 5) is 20.9. The maximum absolute atomic E-state index is 14.2. The van der Waals surface area contributed by atoms with Crippen LogP contribution in [0.15, 0.2) is 36.9 Å². The summed E-state index contributed by atoms with van der Waals surface area (Å²) < 4.78 is 21.3. The molecule has 2 aromatic rings. The second-order valence-electron chi connectivity index (χ2n) is 8.07. The minimum Gasteiger partial charge on any atom is -0.497 e. The highest BCUT2D eigenvalue weighted by atomic mass is 19.1. The fraction of sp³-hybridized carbons (Fsp3) is 0.524. The number of hydrogen-bond acceptors (Lipinski definition) is 4. The number of carbonyl (C=O) groups is 1. The van der Waals surface area contributed by atoms with Gasteiger partial charge in [0.25, 0.3) is 0 Å². The molecule has 1 aromatic heterocycles. The first kappa shape index (κ1) is 18.9. The Morgan fingerprint density at radius 2 is 2.18 bits per heavy atom. The first-order valence-corrected chi connectivity index (χ1v) is 9.85. The average Bonchev–Trinajstić information content (AvgIpc) is 3.34. The Labute approximate surface area is 164 Å². The van der Waals surface area contributed by atoms with Crippen LogP contribution in [0, 0.1) is 11.2 Å². The average molecular weight is 386 g/mol. The van der Waals surface area contributed by atoms with Gasteiger partial charge < -0.3 is 14.2 Å². The van der Waals surface area contributed by atoms with Crippen LogP contribution >= 0.6 is 0 Å². The van der Waals surface area contributed by atoms with Crippen LogP contribution in [0.3, 0.4) is 0 Å². The molecule has 0 bridgehead atoms. The summed E-state index contributed by atoms with van der Waals surface area (Å²) in [6.45, 7) is 4.37. The molecule has 0 unspecified atom stereocenters. The van der Waals surface area contributed by atoms with E-state index in [1.54, 1.807) is 31.8 Å². The molecular formula is C21H27FN4O2. The van der Waals surface area contributed by atoms with Gasteiger partial charge in [0.2, 0.25) is 5.91 Å². The van der Waals surface area contributed by atoms with Crippen molar-refractivity contribution in [3.8, 4) is 5.75 Å². The number of aromatic nitrogens is 2. The van der Waals surface area contributed by atoms with Crippen LogP contribution in [0.4, 0.5) is 4.39 Å². The SMILES string of the molecule is COc1ccc(F)c(CN2CCC[C@]3(CCN(C(=O)Cn4ccnc4)C3)C2)c1. The van der Waals surface area contributed by atoms with E-state index in [-0.39, 0.29) is 17.1 Å². The molecule has 7 heteroatoms. The number of halogens is 1. The number of nitrogens with zero attached hydrogens (tertiary/aromatic N) is 4. The minimum atomic E-state index is -0.191. The third-order valence-corrected chi connectivity index (χ3v) is 6.06. The van der Waals surface area contributed by atoms with Crippen molar-refractivity contribution < 1.29 is 13.9 Å². The summed E-state index contributed by atoms with van der Waals surface area (Å²) in [5.41, 5.74) is 0.792. The molecule has 0 N–H and O–H groups in total. The monoisotopic (exact) mass is 386 g/mol. The fourth-order valence-electron chi connectivity index (χ4n) is 4.60. The molecule has 1 atom stereocenters. The van der Waals surface area contributed by atoms with Crippen molar-refractivity contribution in [1.29, 1.82) is 0 Å². The molecule has 6 nitrogen and oxygen atoms in total. The highest BCUT2D eigenvalue weighted by molar-refractivity contribution is 5.76. The van der Waals surface area contributed by atoms with Crippen molar-refractivity contribution in [2.24, 2.45) is 5.41 Å². The molecule has 150 valence electrons. The third kappa shape index (κ3) is 4.04. The normalized spacial score (nSPS) is 22.7. The minimum absolute atomic E-state index is 0.123. The van der Waals surface area contributed by atoms with Gasteiger partial charge in [-0.2, -0.15) is 0 Å². The predicted molar refractivity (Wildman–Crippen MR) is 103 cm³/mol. The van der Waals surface area contributed by atoms with Crippen molar-refractivity contribution in [3.05, 3.63) is 48.3 Å². The lowest BCUT2D eigenvalue weighted by Crippen LogP contribution is -2.45. The van der Waals surface area contributed by atoms with Crippen LogP contribution in [0.1, 0.15) is 24.8 Å². The van der Waals surface area contributed by atoms with E-state index in [0.717, 1.165) is 45.4 Å². The Hall–Kier alpha value is -2.41. The standard InChI is InChI=1S/C21H27FN4O2/c1-28-18-3-4-19(22)17(11-18)12-24-8-2-5-21(14-24)6-9-26(15-21)20(27)13-25-10-7-23-16-25/h3-4,7,10-11,16H,2,5-6,8-9,12-15H2,1H3/t21-/m0/s1. The van der Waals surface area contributed by atoms with E-state index in [1.807, 2.05) is 15.7 Å². The van der Waals surface area contributed by atoms with E-state index in [1.165, 1.54) is 6.07 Å². The van der Waals surface area contributed by atoms with Crippen molar-refractivity contribution in [3.63, 3.8) is 0 Å². The van der Waals surface area contributed by atoms with E-state index in [4.69, 9.17) is 4.74 Å². The number of hydrogen-bond donors (Lipinski definition) is 0. The summed E-state index contributed by atoms with van der Waals surface area (Å²) in [6, 6.07) is 4.91. The molecule has 3 heterocycles. The molecule has 1 amide bonds. The number of imidazole rings is 1. The summed E-state index contributed by atoms with van der Waals surface area (Å²) in [5, 5.41) is 0. The van der Waals surface area contributed by atoms with Crippen molar-refractivity contribution in [2.75, 3.05) is 33.3 Å². The summed E-state index contributed by atoms with van der Waals surface area (Å²) in [7, 11) is 1.60. The molecule has 0 saturated carbocycles. The number of carbonyl (C=O) groups excluding carboxylic acids is 1. The summed E-state index contributed by atoms with van der Waals surface area (Å²) in [5.74, 6) is 0.634. The van der Waals surface area contributed by atoms with Crippen LogP contribution < -0.4 is 4.74 Å². The molecule has 1 spiro atoms. The summed E-state index contributed by atoms with van der Waals surface area (Å²) >= 11 is 0. The number of methoxy groups -OCH3 is 1. The molecule has 28 heavy (non-hydrogen) atoms. The molecule has 2 aliphatic heterocycles. The largest absolute Gasteiger partial charge is 0.497 e. The Kier molecular flexibility index (Phi) is 5.35. The molecule has 4 rings (SSSR count). The highest BCUT2D eigenvalue weighted by Gasteiger charge is 2.42. The van der Waals surface area contributed by atoms with Crippen molar-refractivity contribution in [1.82, 2.24) is 19.4 Å². The van der Waals surface area contributed by atoms with E-state index in [9.17, 15) is 9.18 Å². The van der Waals surface area contributed by atoms with Gasteiger partial charge in [0, 0.05) is 49.6 Å². The summed E-state index contributed by atoms with van der Waals surface area (Å²) in [6.07, 6.45) is 8.40. The first-order chi connectivity index (χ1) is 13.6. The lowest BCUT2D eigenvalue weighted by atomic mass is 9.79. The number of piperidine rings is 1. The molecule has 2 saturated heterocycles. The van der Waals surface area contributed by atoms with E-state index >= 15 is 0 Å². The van der Waals surface area contributed by atoms with E-state index < -0.39 is 0 Å². The molecule has 2 aliphatic rings. The number of ether oxygens (including phenoxy) is 1. The molecule has 1 aromatic carbocycles. The second kappa shape index (κ2) is 7.91. The van der Waals surface area contributed by atoms with Crippen LogP contribution in [0.2, 0.25) is 0 Å². The van der Waals surface area contributed by atoms with Gasteiger partial charge in [-0.1, -0.05) is 0 Å². The zero-order valence-electron chi connectivity index (χ0n) is 16.3. The van der Waals surface area contributed by atoms with Gasteiger partial charge in [-0.05, 0) is 44.0 Å². The smallest absolute Gasteiger partial charge is 0.242 e. The maximum Gasteiger partial charge on any atom is 0.242 e. The lowest BCUT2D eigenvalue weighted by Gasteiger charge is -2.40. The van der Waals surface area contributed by atoms with Crippen molar-refractivity contribution >= 4 is 5.91 Å². The van der Waals surface area contributed by atoms with Crippen LogP contribution in [-0.2, 0) is 17.9 Å². The Morgan fingerprint density at radius 1 is 1.29 bits per heavy atom. The van der Waals surface area contributed by atoms with Gasteiger partial charge in [-0.25, -0.2) is 9.37 Å². The quantitative estimate of drug-likeness (QED) is 0.793. The van der Waals surface area contributed by atoms with Gasteiger partial charge in [0.1, 0.15) is 18.1 Å². The first-order valence-electron chi connectivity index (χ1n) is 9.85. The van der Waals surface area contributed by atoms with Gasteiger partial charge in [-0.15, -0.1) is 0 Å². The van der Waals surface area contributed by atoms with Gasteiger partial charge in [0.15, 0.2) is 0 Å². The fourth-order valence-corrected chi connectivity index (χ4v) is 4.60. The number of likely N-dealkylation sites (tertiary alicyclic amines) is 2. The maximum atomic E-state index is 14.2. The topological polar surface area (TPSA) is 50.6 Å². The zero-order valence-corrected chi connectivity index (χ0v) is 16.3. The van der Waals surface area contributed by atoms with Crippen LogP contribution in [0.25, 0.3) is 0 Å². The Balaban J connectivity index is 1.39. The third-order valence-electron chi connectivity index (χ3n) is 6.06. The molecule has 0 aliphatic carbocycles. The van der Waals surface area contributed by atoms with Gasteiger partial charge in [-0.3, -0.25) is 9.69 Å². The molecule has 2 fully saturated rings. The predicted octanol–water partition coefficient (Wildman–Crippen LogP) is 2.55. The number of benzene rings is 1. The zero-order chi connectivity index (χ0) is 19.6. The van der Waals surface area contributed by atoms with Gasteiger partial charge in [0.05, 0.1) is 13.4 Å². The van der Waals surface area contributed by atoms with Crippen LogP contribution in [-0.4, -0.2) is 58.5 Å². The second-order valence-corrected chi connectivity index (χ2v) is 8.07. The lowest BCUT2D eigenvalue weighted by molar-refractivity contribution is -0.131. The molecular weight excluding hydrogens is 359 g/mol. The van der Waals surface area contributed by atoms with Crippen LogP contribution in [0.5, 0.6) is 5.75 Å². The van der Waals surface area contributed by atoms with E-state index in [2.05, 4.69) is 9.88 Å². The Bertz CT molecular complexity index is 826. The van der Waals surface area contributed by atoms with Crippen molar-refractivity contribution in [2.45, 2.75) is 32.4 Å². The van der Waals surface area contributed by atoms with Gasteiger partial charge >= 0.3 is 0 Å². The highest BCUT2D eigenvalue weighted by Crippen LogP contribution is 2.39.